The molecule has 0 aliphatic heterocycles. The molecule has 81 heavy (non-hydrogen) atoms. The highest BCUT2D eigenvalue weighted by molar-refractivity contribution is 5.71. The lowest BCUT2D eigenvalue weighted by Crippen LogP contribution is -2.30. The molecule has 0 fully saturated rings. The average molecular weight is 1130 g/mol. The molecule has 0 saturated carbocycles. The van der Waals surface area contributed by atoms with E-state index in [-0.39, 0.29) is 31.1 Å². The fourth-order valence-corrected chi connectivity index (χ4v) is 10.7. The van der Waals surface area contributed by atoms with Crippen molar-refractivity contribution < 1.29 is 28.6 Å². The number of hydrogen-bond donors (Lipinski definition) is 0. The Bertz CT molecular complexity index is 1440. The van der Waals surface area contributed by atoms with Crippen molar-refractivity contribution in [2.45, 2.75) is 386 Å². The van der Waals surface area contributed by atoms with Gasteiger partial charge in [0, 0.05) is 19.3 Å². The molecule has 1 atom stereocenters. The minimum Gasteiger partial charge on any atom is -0.462 e. The highest BCUT2D eigenvalue weighted by Crippen LogP contribution is 2.19. The van der Waals surface area contributed by atoms with Crippen LogP contribution < -0.4 is 0 Å². The highest BCUT2D eigenvalue weighted by Gasteiger charge is 2.19. The maximum absolute atomic E-state index is 12.9. The third kappa shape index (κ3) is 67.8. The Labute approximate surface area is 504 Å². The fraction of sp³-hybridized carbons (Fsp3) is 0.827. The van der Waals surface area contributed by atoms with Crippen molar-refractivity contribution in [3.63, 3.8) is 0 Å². The molecule has 0 amide bonds. The third-order valence-corrected chi connectivity index (χ3v) is 16.0. The van der Waals surface area contributed by atoms with Gasteiger partial charge in [-0.25, -0.2) is 0 Å². The monoisotopic (exact) mass is 1130 g/mol. The Morgan fingerprint density at radius 3 is 0.753 bits per heavy atom. The molecule has 6 nitrogen and oxygen atoms in total. The van der Waals surface area contributed by atoms with Crippen LogP contribution in [0.15, 0.2) is 60.8 Å². The van der Waals surface area contributed by atoms with E-state index in [0.717, 1.165) is 96.3 Å². The second kappa shape index (κ2) is 69.6. The molecule has 0 spiro atoms. The van der Waals surface area contributed by atoms with Crippen molar-refractivity contribution in [1.29, 1.82) is 0 Å². The molecule has 0 aromatic heterocycles. The van der Waals surface area contributed by atoms with Gasteiger partial charge in [-0.2, -0.15) is 0 Å². The lowest BCUT2D eigenvalue weighted by atomic mass is 10.0. The summed E-state index contributed by atoms with van der Waals surface area (Å²) >= 11 is 0. The molecule has 472 valence electrons. The first-order valence-electron chi connectivity index (χ1n) is 35.8. The van der Waals surface area contributed by atoms with Crippen LogP contribution in [-0.4, -0.2) is 37.2 Å². The van der Waals surface area contributed by atoms with Gasteiger partial charge in [0.1, 0.15) is 13.2 Å². The van der Waals surface area contributed by atoms with E-state index in [0.29, 0.717) is 19.3 Å². The summed E-state index contributed by atoms with van der Waals surface area (Å²) in [4.78, 5) is 38.3. The molecule has 0 aliphatic carbocycles. The average Bonchev–Trinajstić information content (AvgIpc) is 3.47. The first-order valence-corrected chi connectivity index (χ1v) is 35.8. The van der Waals surface area contributed by atoms with Gasteiger partial charge in [-0.1, -0.05) is 358 Å². The lowest BCUT2D eigenvalue weighted by molar-refractivity contribution is -0.167. The number of unbranched alkanes of at least 4 members (excludes halogenated alkanes) is 45. The van der Waals surface area contributed by atoms with E-state index in [4.69, 9.17) is 14.2 Å². The van der Waals surface area contributed by atoms with Crippen LogP contribution in [0.2, 0.25) is 0 Å². The first-order chi connectivity index (χ1) is 40.0. The van der Waals surface area contributed by atoms with Crippen molar-refractivity contribution in [1.82, 2.24) is 0 Å². The zero-order chi connectivity index (χ0) is 58.5. The summed E-state index contributed by atoms with van der Waals surface area (Å²) in [6, 6.07) is 0. The molecule has 6 heteroatoms. The van der Waals surface area contributed by atoms with E-state index in [1.54, 1.807) is 0 Å². The maximum atomic E-state index is 12.9. The summed E-state index contributed by atoms with van der Waals surface area (Å²) < 4.78 is 16.9. The Morgan fingerprint density at radius 2 is 0.481 bits per heavy atom. The second-order valence-electron chi connectivity index (χ2n) is 24.1. The molecule has 0 rings (SSSR count). The fourth-order valence-electron chi connectivity index (χ4n) is 10.7. The summed E-state index contributed by atoms with van der Waals surface area (Å²) in [6.07, 6.45) is 90.0. The van der Waals surface area contributed by atoms with E-state index in [1.807, 2.05) is 0 Å². The van der Waals surface area contributed by atoms with Crippen LogP contribution >= 0.6 is 0 Å². The standard InChI is InChI=1S/C75H136O6/c1-4-7-10-13-16-19-22-24-26-28-30-31-32-33-34-35-36-37-38-39-40-41-42-43-45-46-48-50-53-56-59-62-65-68-74(77)80-71-72(70-79-73(76)67-64-61-58-55-52-21-18-15-12-9-6-3)81-75(78)69-66-63-60-57-54-51-49-47-44-29-27-25-23-20-17-14-11-8-5-2/h8,11,17,20,25,27,44,47,51,54,72H,4-7,9-10,12-16,18-19,21-24,26,28-43,45-46,48-50,52-53,55-71H2,1-3H3/b11-8-,20-17-,27-25-,47-44-,54-51-. The van der Waals surface area contributed by atoms with Gasteiger partial charge in [0.15, 0.2) is 6.10 Å². The van der Waals surface area contributed by atoms with Crippen molar-refractivity contribution in [3.05, 3.63) is 60.8 Å². The zero-order valence-electron chi connectivity index (χ0n) is 54.3. The molecule has 0 aromatic carbocycles. The molecular weight excluding hydrogens is 997 g/mol. The normalized spacial score (nSPS) is 12.4. The number of allylic oxidation sites excluding steroid dienone is 10. The minimum atomic E-state index is -0.790. The largest absolute Gasteiger partial charge is 0.462 e. The van der Waals surface area contributed by atoms with Gasteiger partial charge in [-0.3, -0.25) is 14.4 Å². The van der Waals surface area contributed by atoms with E-state index < -0.39 is 6.10 Å². The summed E-state index contributed by atoms with van der Waals surface area (Å²) in [5.41, 5.74) is 0. The van der Waals surface area contributed by atoms with Gasteiger partial charge in [0.2, 0.25) is 0 Å². The van der Waals surface area contributed by atoms with Crippen LogP contribution in [0.5, 0.6) is 0 Å². The predicted octanol–water partition coefficient (Wildman–Crippen LogP) is 24.7. The summed E-state index contributed by atoms with van der Waals surface area (Å²) in [5, 5.41) is 0. The van der Waals surface area contributed by atoms with Gasteiger partial charge in [-0.05, 0) is 64.2 Å². The maximum Gasteiger partial charge on any atom is 0.306 e. The number of carbonyl (C=O) groups is 3. The third-order valence-electron chi connectivity index (χ3n) is 16.0. The van der Waals surface area contributed by atoms with Gasteiger partial charge < -0.3 is 14.2 Å². The van der Waals surface area contributed by atoms with Gasteiger partial charge in [-0.15, -0.1) is 0 Å². The van der Waals surface area contributed by atoms with Crippen molar-refractivity contribution >= 4 is 17.9 Å². The van der Waals surface area contributed by atoms with Crippen molar-refractivity contribution in [3.8, 4) is 0 Å². The van der Waals surface area contributed by atoms with Crippen LogP contribution in [0.4, 0.5) is 0 Å². The Morgan fingerprint density at radius 1 is 0.259 bits per heavy atom. The molecule has 0 radical (unpaired) electrons. The SMILES string of the molecule is CC/C=C\C/C=C\C/C=C\C/C=C\C/C=C\CCCCCC(=O)OC(COC(=O)CCCCCCCCCCCCC)COC(=O)CCCCCCCCCCCCCCCCCCCCCCCCCCCCCCCCCCC. The minimum absolute atomic E-state index is 0.0833. The van der Waals surface area contributed by atoms with E-state index in [1.165, 1.54) is 244 Å². The molecule has 0 aliphatic rings. The summed E-state index contributed by atoms with van der Waals surface area (Å²) in [5.74, 6) is -0.896. The Hall–Kier alpha value is -2.89. The Kier molecular flexibility index (Phi) is 67.1. The van der Waals surface area contributed by atoms with Gasteiger partial charge in [0.05, 0.1) is 0 Å². The zero-order valence-corrected chi connectivity index (χ0v) is 54.3. The first kappa shape index (κ1) is 78.1. The number of esters is 3. The van der Waals surface area contributed by atoms with E-state index in [9.17, 15) is 14.4 Å². The summed E-state index contributed by atoms with van der Waals surface area (Å²) in [7, 11) is 0. The number of rotatable bonds is 66. The van der Waals surface area contributed by atoms with E-state index in [2.05, 4.69) is 81.5 Å². The smallest absolute Gasteiger partial charge is 0.306 e. The van der Waals surface area contributed by atoms with Crippen LogP contribution in [0, 0.1) is 0 Å². The highest BCUT2D eigenvalue weighted by atomic mass is 16.6. The lowest BCUT2D eigenvalue weighted by Gasteiger charge is -2.18. The molecule has 1 unspecified atom stereocenters. The summed E-state index contributed by atoms with van der Waals surface area (Å²) in [6.45, 7) is 6.55. The quantitative estimate of drug-likeness (QED) is 0.0261. The molecule has 0 aromatic rings. The van der Waals surface area contributed by atoms with E-state index >= 15 is 0 Å². The number of hydrogen-bond acceptors (Lipinski definition) is 6. The molecule has 0 bridgehead atoms. The van der Waals surface area contributed by atoms with Crippen LogP contribution in [0.1, 0.15) is 380 Å². The van der Waals surface area contributed by atoms with Crippen LogP contribution in [0.3, 0.4) is 0 Å². The number of carbonyl (C=O) groups excluding carboxylic acids is 3. The molecule has 0 heterocycles. The Balaban J connectivity index is 4.11. The van der Waals surface area contributed by atoms with Gasteiger partial charge in [0.25, 0.3) is 0 Å². The number of ether oxygens (including phenoxy) is 3. The molecule has 0 saturated heterocycles. The van der Waals surface area contributed by atoms with Gasteiger partial charge >= 0.3 is 17.9 Å². The van der Waals surface area contributed by atoms with Crippen LogP contribution in [0.25, 0.3) is 0 Å². The predicted molar refractivity (Wildman–Crippen MR) is 353 cm³/mol. The second-order valence-corrected chi connectivity index (χ2v) is 24.1. The molecule has 0 N–H and O–H groups in total. The van der Waals surface area contributed by atoms with Crippen LogP contribution in [-0.2, 0) is 28.6 Å². The van der Waals surface area contributed by atoms with Crippen molar-refractivity contribution in [2.75, 3.05) is 13.2 Å². The topological polar surface area (TPSA) is 78.9 Å². The molecular formula is C75H136O6. The van der Waals surface area contributed by atoms with Crippen molar-refractivity contribution in [2.24, 2.45) is 0 Å².